The van der Waals surface area contributed by atoms with E-state index in [-0.39, 0.29) is 6.10 Å². The van der Waals surface area contributed by atoms with Crippen LogP contribution in [-0.2, 0) is 20.9 Å². The number of thiophene rings is 1. The molecule has 0 aliphatic heterocycles. The van der Waals surface area contributed by atoms with E-state index in [1.807, 2.05) is 11.4 Å². The Labute approximate surface area is 123 Å². The van der Waals surface area contributed by atoms with Crippen LogP contribution in [0, 0.1) is 0 Å². The number of aliphatic carboxylic acids is 1. The zero-order chi connectivity index (χ0) is 14.4. The monoisotopic (exact) mass is 296 g/mol. The van der Waals surface area contributed by atoms with Gasteiger partial charge in [-0.3, -0.25) is 0 Å². The third-order valence-corrected chi connectivity index (χ3v) is 4.39. The van der Waals surface area contributed by atoms with Gasteiger partial charge in [0, 0.05) is 18.1 Å². The van der Waals surface area contributed by atoms with Crippen molar-refractivity contribution in [3.8, 4) is 0 Å². The average molecular weight is 296 g/mol. The zero-order valence-electron chi connectivity index (χ0n) is 11.6. The molecule has 1 heterocycles. The molecule has 1 fully saturated rings. The molecule has 0 saturated heterocycles. The highest BCUT2D eigenvalue weighted by Gasteiger charge is 2.22. The highest BCUT2D eigenvalue weighted by atomic mass is 32.1. The molecule has 1 N–H and O–H groups in total. The van der Waals surface area contributed by atoms with Crippen molar-refractivity contribution in [2.75, 3.05) is 7.11 Å². The molecule has 2 rings (SSSR count). The first kappa shape index (κ1) is 15.2. The van der Waals surface area contributed by atoms with Crippen LogP contribution in [0.3, 0.4) is 0 Å². The smallest absolute Gasteiger partial charge is 0.328 e. The van der Waals surface area contributed by atoms with E-state index < -0.39 is 5.97 Å². The lowest BCUT2D eigenvalue weighted by atomic mass is 9.95. The minimum absolute atomic E-state index is 0.272. The van der Waals surface area contributed by atoms with Crippen LogP contribution in [0.1, 0.15) is 36.1 Å². The first-order valence-corrected chi connectivity index (χ1v) is 7.68. The van der Waals surface area contributed by atoms with Crippen molar-refractivity contribution in [3.63, 3.8) is 0 Å². The van der Waals surface area contributed by atoms with Crippen molar-refractivity contribution in [2.45, 2.75) is 44.5 Å². The highest BCUT2D eigenvalue weighted by Crippen LogP contribution is 2.25. The molecule has 0 spiro atoms. The summed E-state index contributed by atoms with van der Waals surface area (Å²) < 4.78 is 11.3. The molecule has 1 aromatic heterocycles. The average Bonchev–Trinajstić information content (AvgIpc) is 2.91. The molecule has 110 valence electrons. The molecule has 20 heavy (non-hydrogen) atoms. The predicted molar refractivity (Wildman–Crippen MR) is 78.8 cm³/mol. The first-order valence-electron chi connectivity index (χ1n) is 6.80. The molecule has 5 heteroatoms. The van der Waals surface area contributed by atoms with Gasteiger partial charge >= 0.3 is 5.97 Å². The molecular weight excluding hydrogens is 276 g/mol. The van der Waals surface area contributed by atoms with E-state index in [9.17, 15) is 4.79 Å². The fourth-order valence-corrected chi connectivity index (χ4v) is 3.17. The second-order valence-electron chi connectivity index (χ2n) is 4.98. The van der Waals surface area contributed by atoms with Crippen LogP contribution >= 0.6 is 11.3 Å². The lowest BCUT2D eigenvalue weighted by Gasteiger charge is -2.28. The Hall–Kier alpha value is -1.17. The number of carboxylic acid groups (broad SMARTS) is 1. The van der Waals surface area contributed by atoms with E-state index in [0.29, 0.717) is 12.7 Å². The number of methoxy groups -OCH3 is 1. The second-order valence-corrected chi connectivity index (χ2v) is 5.97. The van der Waals surface area contributed by atoms with Gasteiger partial charge < -0.3 is 14.6 Å². The Morgan fingerprint density at radius 2 is 2.30 bits per heavy atom. The number of ether oxygens (including phenoxy) is 2. The first-order chi connectivity index (χ1) is 9.67. The van der Waals surface area contributed by atoms with Crippen LogP contribution in [0.25, 0.3) is 6.08 Å². The van der Waals surface area contributed by atoms with Gasteiger partial charge in [0.15, 0.2) is 0 Å². The lowest BCUT2D eigenvalue weighted by molar-refractivity contribution is -0.131. The van der Waals surface area contributed by atoms with Gasteiger partial charge in [-0.1, -0.05) is 0 Å². The Morgan fingerprint density at radius 1 is 1.50 bits per heavy atom. The van der Waals surface area contributed by atoms with E-state index in [2.05, 4.69) is 0 Å². The van der Waals surface area contributed by atoms with E-state index >= 15 is 0 Å². The molecule has 1 aliphatic carbocycles. The molecule has 0 bridgehead atoms. The molecule has 0 amide bonds. The summed E-state index contributed by atoms with van der Waals surface area (Å²) in [6, 6.07) is 1.97. The zero-order valence-corrected chi connectivity index (χ0v) is 12.4. The SMILES string of the molecule is COC1CCCC(OCc2cc(C=CC(=O)O)cs2)C1. The Bertz CT molecular complexity index is 466. The quantitative estimate of drug-likeness (QED) is 0.818. The van der Waals surface area contributed by atoms with Crippen molar-refractivity contribution in [2.24, 2.45) is 0 Å². The van der Waals surface area contributed by atoms with Crippen LogP contribution in [0.4, 0.5) is 0 Å². The number of rotatable bonds is 6. The fraction of sp³-hybridized carbons (Fsp3) is 0.533. The van der Waals surface area contributed by atoms with Crippen LogP contribution in [0.2, 0.25) is 0 Å². The van der Waals surface area contributed by atoms with Crippen molar-refractivity contribution >= 4 is 23.4 Å². The highest BCUT2D eigenvalue weighted by molar-refractivity contribution is 7.10. The standard InChI is InChI=1S/C15H20O4S/c1-18-12-3-2-4-13(8-12)19-9-14-7-11(10-20-14)5-6-15(16)17/h5-7,10,12-13H,2-4,8-9H2,1H3,(H,16,17). The molecule has 2 unspecified atom stereocenters. The minimum Gasteiger partial charge on any atom is -0.478 e. The van der Waals surface area contributed by atoms with Crippen LogP contribution in [0.5, 0.6) is 0 Å². The van der Waals surface area contributed by atoms with Crippen LogP contribution in [-0.4, -0.2) is 30.4 Å². The van der Waals surface area contributed by atoms with E-state index in [1.165, 1.54) is 0 Å². The summed E-state index contributed by atoms with van der Waals surface area (Å²) in [5.41, 5.74) is 0.911. The van der Waals surface area contributed by atoms with E-state index in [0.717, 1.165) is 42.2 Å². The maximum atomic E-state index is 10.5. The summed E-state index contributed by atoms with van der Waals surface area (Å²) in [5.74, 6) is -0.929. The van der Waals surface area contributed by atoms with Gasteiger partial charge in [0.2, 0.25) is 0 Å². The van der Waals surface area contributed by atoms with Crippen molar-refractivity contribution in [1.82, 2.24) is 0 Å². The molecular formula is C15H20O4S. The molecule has 1 aliphatic rings. The third-order valence-electron chi connectivity index (χ3n) is 3.47. The summed E-state index contributed by atoms with van der Waals surface area (Å²) >= 11 is 1.60. The maximum absolute atomic E-state index is 10.5. The molecule has 4 nitrogen and oxygen atoms in total. The van der Waals surface area contributed by atoms with Crippen molar-refractivity contribution in [1.29, 1.82) is 0 Å². The van der Waals surface area contributed by atoms with Gasteiger partial charge in [-0.2, -0.15) is 0 Å². The van der Waals surface area contributed by atoms with Gasteiger partial charge in [0.1, 0.15) is 0 Å². The molecule has 1 saturated carbocycles. The van der Waals surface area contributed by atoms with Crippen molar-refractivity contribution in [3.05, 3.63) is 28.0 Å². The molecule has 1 aromatic rings. The van der Waals surface area contributed by atoms with Gasteiger partial charge in [-0.15, -0.1) is 11.3 Å². The van der Waals surface area contributed by atoms with Gasteiger partial charge in [0.05, 0.1) is 18.8 Å². The number of carbonyl (C=O) groups is 1. The van der Waals surface area contributed by atoms with Gasteiger partial charge in [-0.25, -0.2) is 4.79 Å². The Morgan fingerprint density at radius 3 is 3.05 bits per heavy atom. The summed E-state index contributed by atoms with van der Waals surface area (Å²) in [6.07, 6.45) is 7.69. The normalized spacial score (nSPS) is 23.2. The fourth-order valence-electron chi connectivity index (χ4n) is 2.40. The molecule has 0 radical (unpaired) electrons. The summed E-state index contributed by atoms with van der Waals surface area (Å²) in [7, 11) is 1.76. The summed E-state index contributed by atoms with van der Waals surface area (Å²) in [4.78, 5) is 11.6. The lowest BCUT2D eigenvalue weighted by Crippen LogP contribution is -2.27. The summed E-state index contributed by atoms with van der Waals surface area (Å²) in [5, 5.41) is 10.5. The number of hydrogen-bond acceptors (Lipinski definition) is 4. The van der Waals surface area contributed by atoms with Crippen LogP contribution < -0.4 is 0 Å². The third kappa shape index (κ3) is 4.74. The van der Waals surface area contributed by atoms with E-state index in [4.69, 9.17) is 14.6 Å². The topological polar surface area (TPSA) is 55.8 Å². The number of carboxylic acids is 1. The van der Waals surface area contributed by atoms with Crippen molar-refractivity contribution < 1.29 is 19.4 Å². The Kier molecular flexibility index (Phi) is 5.76. The number of hydrogen-bond donors (Lipinski definition) is 1. The predicted octanol–water partition coefficient (Wildman–Crippen LogP) is 3.32. The Balaban J connectivity index is 1.80. The van der Waals surface area contributed by atoms with Gasteiger partial charge in [-0.05, 0) is 48.8 Å². The van der Waals surface area contributed by atoms with E-state index in [1.54, 1.807) is 24.5 Å². The molecule has 0 aromatic carbocycles. The largest absolute Gasteiger partial charge is 0.478 e. The van der Waals surface area contributed by atoms with Crippen LogP contribution in [0.15, 0.2) is 17.5 Å². The minimum atomic E-state index is -0.929. The maximum Gasteiger partial charge on any atom is 0.328 e. The molecule has 2 atom stereocenters. The summed E-state index contributed by atoms with van der Waals surface area (Å²) in [6.45, 7) is 0.590. The van der Waals surface area contributed by atoms with Gasteiger partial charge in [0.25, 0.3) is 0 Å². The second kappa shape index (κ2) is 7.57.